The highest BCUT2D eigenvalue weighted by Crippen LogP contribution is 2.30. The first kappa shape index (κ1) is 24.9. The highest BCUT2D eigenvalue weighted by atomic mass is 19.1. The molecule has 3 aromatic heterocycles. The minimum atomic E-state index is -0.692. The quantitative estimate of drug-likeness (QED) is 0.379. The Morgan fingerprint density at radius 2 is 1.95 bits per heavy atom. The molecule has 0 bridgehead atoms. The van der Waals surface area contributed by atoms with Crippen molar-refractivity contribution in [1.82, 2.24) is 24.7 Å². The Kier molecular flexibility index (Phi) is 7.45. The molecule has 1 aromatic carbocycles. The number of aromatic nitrogens is 4. The number of alkyl halides is 1. The van der Waals surface area contributed by atoms with Crippen molar-refractivity contribution in [3.05, 3.63) is 70.4 Å². The number of amides is 1. The normalized spacial score (nSPS) is 16.1. The van der Waals surface area contributed by atoms with Crippen LogP contribution in [0.15, 0.2) is 53.6 Å². The maximum absolute atomic E-state index is 12.6. The van der Waals surface area contributed by atoms with Crippen molar-refractivity contribution in [2.75, 3.05) is 26.2 Å². The van der Waals surface area contributed by atoms with E-state index in [9.17, 15) is 14.0 Å². The third-order valence-electron chi connectivity index (χ3n) is 7.13. The summed E-state index contributed by atoms with van der Waals surface area (Å²) in [6.45, 7) is 2.17. The van der Waals surface area contributed by atoms with Gasteiger partial charge < -0.3 is 10.5 Å². The highest BCUT2D eigenvalue weighted by molar-refractivity contribution is 5.99. The Bertz CT molecular complexity index is 1440. The lowest BCUT2D eigenvalue weighted by atomic mass is 9.81. The number of carbonyl (C=O) groups is 1. The number of fused-ring (bicyclic) bond motifs is 2. The molecular weight excluding hydrogens is 475 g/mol. The van der Waals surface area contributed by atoms with E-state index >= 15 is 0 Å². The van der Waals surface area contributed by atoms with Crippen LogP contribution in [0.4, 0.5) is 4.39 Å². The molecule has 2 fully saturated rings. The van der Waals surface area contributed by atoms with Gasteiger partial charge in [0.15, 0.2) is 0 Å². The van der Waals surface area contributed by atoms with Crippen LogP contribution in [-0.2, 0) is 6.42 Å². The Labute approximate surface area is 213 Å². The third-order valence-corrected chi connectivity index (χ3v) is 7.13. The predicted molar refractivity (Wildman–Crippen MR) is 139 cm³/mol. The molecular formula is C27H31FN6O3. The van der Waals surface area contributed by atoms with E-state index in [0.717, 1.165) is 28.8 Å². The third kappa shape index (κ3) is 5.80. The van der Waals surface area contributed by atoms with Gasteiger partial charge in [0.25, 0.3) is 11.5 Å². The monoisotopic (exact) mass is 506 g/mol. The number of halogens is 1. The largest absolute Gasteiger partial charge is 0.491 e. The number of pyridine rings is 1. The molecule has 4 aromatic rings. The maximum atomic E-state index is 12.6. The summed E-state index contributed by atoms with van der Waals surface area (Å²) in [6, 6.07) is 11.2. The van der Waals surface area contributed by atoms with Crippen molar-refractivity contribution in [1.29, 1.82) is 0 Å². The van der Waals surface area contributed by atoms with Crippen LogP contribution in [0.3, 0.4) is 0 Å². The SMILES string of the molecule is NC(=O)c1cnn2cc(OCCN3CC(F)C3)ccc12.O=c1[nH]nc(CCC2CCC2)c2ccccc12. The lowest BCUT2D eigenvalue weighted by molar-refractivity contribution is 0.0538. The molecule has 10 heteroatoms. The summed E-state index contributed by atoms with van der Waals surface area (Å²) in [7, 11) is 0. The molecule has 2 aliphatic rings. The predicted octanol–water partition coefficient (Wildman–Crippen LogP) is 3.12. The molecule has 37 heavy (non-hydrogen) atoms. The van der Waals surface area contributed by atoms with Gasteiger partial charge in [-0.1, -0.05) is 37.5 Å². The first-order valence-electron chi connectivity index (χ1n) is 12.7. The molecule has 0 spiro atoms. The number of likely N-dealkylation sites (tertiary alicyclic amines) is 1. The average molecular weight is 507 g/mol. The number of nitrogens with one attached hydrogen (secondary N) is 1. The minimum Gasteiger partial charge on any atom is -0.491 e. The molecule has 1 amide bonds. The number of benzene rings is 1. The highest BCUT2D eigenvalue weighted by Gasteiger charge is 2.25. The number of carbonyl (C=O) groups excluding carboxylic acids is 1. The van der Waals surface area contributed by atoms with E-state index in [1.807, 2.05) is 29.2 Å². The zero-order valence-electron chi connectivity index (χ0n) is 20.6. The number of primary amides is 1. The molecule has 0 radical (unpaired) electrons. The van der Waals surface area contributed by atoms with E-state index in [4.69, 9.17) is 10.5 Å². The molecule has 6 rings (SSSR count). The van der Waals surface area contributed by atoms with Gasteiger partial charge in [0, 0.05) is 25.0 Å². The van der Waals surface area contributed by atoms with Crippen molar-refractivity contribution < 1.29 is 13.9 Å². The van der Waals surface area contributed by atoms with Crippen LogP contribution >= 0.6 is 0 Å². The molecule has 1 saturated heterocycles. The van der Waals surface area contributed by atoms with Gasteiger partial charge in [0.1, 0.15) is 18.5 Å². The molecule has 0 atom stereocenters. The van der Waals surface area contributed by atoms with Crippen LogP contribution in [0.25, 0.3) is 16.3 Å². The van der Waals surface area contributed by atoms with E-state index in [-0.39, 0.29) is 5.56 Å². The van der Waals surface area contributed by atoms with Gasteiger partial charge >= 0.3 is 0 Å². The van der Waals surface area contributed by atoms with Gasteiger partial charge in [0.2, 0.25) is 0 Å². The van der Waals surface area contributed by atoms with Crippen LogP contribution < -0.4 is 16.0 Å². The van der Waals surface area contributed by atoms with Crippen molar-refractivity contribution >= 4 is 22.2 Å². The molecule has 9 nitrogen and oxygen atoms in total. The van der Waals surface area contributed by atoms with Crippen LogP contribution in [0.2, 0.25) is 0 Å². The average Bonchev–Trinajstić information content (AvgIpc) is 3.28. The summed E-state index contributed by atoms with van der Waals surface area (Å²) in [6.07, 6.45) is 8.71. The second-order valence-corrected chi connectivity index (χ2v) is 9.70. The Morgan fingerprint density at radius 1 is 1.16 bits per heavy atom. The summed E-state index contributed by atoms with van der Waals surface area (Å²) in [5.41, 5.74) is 7.22. The van der Waals surface area contributed by atoms with Crippen LogP contribution in [-0.4, -0.2) is 63.0 Å². The Morgan fingerprint density at radius 3 is 2.65 bits per heavy atom. The van der Waals surface area contributed by atoms with Gasteiger partial charge in [-0.2, -0.15) is 10.2 Å². The zero-order chi connectivity index (χ0) is 25.8. The number of rotatable bonds is 8. The molecule has 194 valence electrons. The van der Waals surface area contributed by atoms with Gasteiger partial charge in [-0.3, -0.25) is 14.5 Å². The lowest BCUT2D eigenvalue weighted by Crippen LogP contribution is -2.49. The molecule has 1 aliphatic heterocycles. The summed E-state index contributed by atoms with van der Waals surface area (Å²) in [4.78, 5) is 24.8. The van der Waals surface area contributed by atoms with E-state index < -0.39 is 12.1 Å². The number of H-pyrrole nitrogens is 1. The summed E-state index contributed by atoms with van der Waals surface area (Å²) < 4.78 is 19.8. The standard InChI is InChI=1S/C14H16N2O.C13H15FN4O2/c17-14-12-7-2-1-6-11(12)13(15-16-14)9-8-10-4-3-5-10;14-9-6-17(7-9)3-4-20-10-1-2-12-11(13(15)19)5-16-18(12)8-10/h1-2,6-7,10H,3-5,8-9H2,(H,16,17);1-2,5,8-9H,3-4,6-7H2,(H2,15,19). The number of nitrogens with zero attached hydrogens (tertiary/aromatic N) is 4. The minimum absolute atomic E-state index is 0.0898. The van der Waals surface area contributed by atoms with Gasteiger partial charge in [-0.15, -0.1) is 0 Å². The summed E-state index contributed by atoms with van der Waals surface area (Å²) >= 11 is 0. The number of hydrogen-bond acceptors (Lipinski definition) is 6. The maximum Gasteiger partial charge on any atom is 0.272 e. The number of aryl methyl sites for hydroxylation is 1. The lowest BCUT2D eigenvalue weighted by Gasteiger charge is -2.33. The number of aromatic amines is 1. The topological polar surface area (TPSA) is 119 Å². The van der Waals surface area contributed by atoms with Crippen LogP contribution in [0, 0.1) is 5.92 Å². The first-order chi connectivity index (χ1) is 18.0. The van der Waals surface area contributed by atoms with Crippen molar-refractivity contribution in [2.24, 2.45) is 11.7 Å². The van der Waals surface area contributed by atoms with E-state index in [2.05, 4.69) is 15.3 Å². The fraction of sp³-hybridized carbons (Fsp3) is 0.407. The first-order valence-corrected chi connectivity index (χ1v) is 12.7. The Balaban J connectivity index is 0.000000153. The Hall–Kier alpha value is -3.79. The second-order valence-electron chi connectivity index (χ2n) is 9.70. The van der Waals surface area contributed by atoms with Gasteiger partial charge in [0.05, 0.1) is 34.6 Å². The van der Waals surface area contributed by atoms with E-state index in [1.54, 1.807) is 22.8 Å². The van der Waals surface area contributed by atoms with Crippen molar-refractivity contribution in [2.45, 2.75) is 38.3 Å². The van der Waals surface area contributed by atoms with Crippen LogP contribution in [0.5, 0.6) is 5.75 Å². The van der Waals surface area contributed by atoms with Gasteiger partial charge in [-0.25, -0.2) is 14.0 Å². The van der Waals surface area contributed by atoms with Crippen molar-refractivity contribution in [3.63, 3.8) is 0 Å². The van der Waals surface area contributed by atoms with E-state index in [1.165, 1.54) is 31.9 Å². The fourth-order valence-corrected chi connectivity index (χ4v) is 4.71. The smallest absolute Gasteiger partial charge is 0.272 e. The fourth-order valence-electron chi connectivity index (χ4n) is 4.71. The molecule has 4 heterocycles. The number of hydrogen-bond donors (Lipinski definition) is 2. The molecule has 3 N–H and O–H groups in total. The molecule has 1 saturated carbocycles. The number of nitrogens with two attached hydrogens (primary N) is 1. The van der Waals surface area contributed by atoms with Crippen LogP contribution in [0.1, 0.15) is 41.7 Å². The number of ether oxygens (including phenoxy) is 1. The van der Waals surface area contributed by atoms with Crippen molar-refractivity contribution in [3.8, 4) is 5.75 Å². The molecule has 0 unspecified atom stereocenters. The van der Waals surface area contributed by atoms with E-state index in [0.29, 0.717) is 43.1 Å². The summed E-state index contributed by atoms with van der Waals surface area (Å²) in [5, 5.41) is 12.6. The van der Waals surface area contributed by atoms with Gasteiger partial charge in [-0.05, 0) is 37.0 Å². The zero-order valence-corrected chi connectivity index (χ0v) is 20.6. The molecule has 1 aliphatic carbocycles. The summed E-state index contributed by atoms with van der Waals surface area (Å²) in [5.74, 6) is 1.02. The second kappa shape index (κ2) is 11.1.